The molecule has 25 heavy (non-hydrogen) atoms. The fourth-order valence-corrected chi connectivity index (χ4v) is 3.17. The van der Waals surface area contributed by atoms with Gasteiger partial charge in [0.1, 0.15) is 6.26 Å². The molecule has 0 amide bonds. The van der Waals surface area contributed by atoms with Gasteiger partial charge in [0.05, 0.1) is 10.5 Å². The number of aliphatic hydroxyl groups excluding tert-OH is 1. The van der Waals surface area contributed by atoms with Crippen molar-refractivity contribution in [2.45, 2.75) is 9.99 Å². The van der Waals surface area contributed by atoms with Crippen LogP contribution < -0.4 is 0 Å². The summed E-state index contributed by atoms with van der Waals surface area (Å²) in [7, 11) is -3.94. The lowest BCUT2D eigenvalue weighted by molar-refractivity contribution is 0.104. The minimum absolute atomic E-state index is 0.0320. The van der Waals surface area contributed by atoms with Crippen LogP contribution in [0.3, 0.4) is 0 Å². The molecule has 0 radical (unpaired) electrons. The Balaban J connectivity index is 1.88. The standard InChI is InChI=1S/C14H9ClN4O5S/c15-9-1-3-10(4-2-9)25(22,23)13-5-8(7-24-13)11(20)6-12(21)14-16-18-19-17-14/h1-7,21H,(H,16,17,18,19). The molecule has 0 unspecified atom stereocenters. The van der Waals surface area contributed by atoms with E-state index in [1.165, 1.54) is 24.3 Å². The van der Waals surface area contributed by atoms with Gasteiger partial charge in [0.25, 0.3) is 0 Å². The molecule has 0 saturated heterocycles. The Kier molecular flexibility index (Phi) is 4.38. The number of H-pyrrole nitrogens is 1. The van der Waals surface area contributed by atoms with Gasteiger partial charge in [0, 0.05) is 17.2 Å². The number of carbonyl (C=O) groups excluding carboxylic acids is 1. The molecule has 2 heterocycles. The summed E-state index contributed by atoms with van der Waals surface area (Å²) < 4.78 is 29.9. The molecular formula is C14H9ClN4O5S. The summed E-state index contributed by atoms with van der Waals surface area (Å²) in [5.74, 6) is -1.39. The highest BCUT2D eigenvalue weighted by molar-refractivity contribution is 7.91. The first-order valence-electron chi connectivity index (χ1n) is 6.66. The van der Waals surface area contributed by atoms with E-state index in [1.807, 2.05) is 0 Å². The number of tetrazole rings is 1. The Labute approximate surface area is 145 Å². The van der Waals surface area contributed by atoms with E-state index in [9.17, 15) is 18.3 Å². The third-order valence-electron chi connectivity index (χ3n) is 3.09. The minimum atomic E-state index is -3.94. The normalized spacial score (nSPS) is 12.3. The Bertz CT molecular complexity index is 1040. The molecule has 0 aliphatic heterocycles. The van der Waals surface area contributed by atoms with Crippen LogP contribution >= 0.6 is 11.6 Å². The number of ketones is 1. The van der Waals surface area contributed by atoms with Crippen LogP contribution in [0.1, 0.15) is 16.2 Å². The summed E-state index contributed by atoms with van der Waals surface area (Å²) in [5, 5.41) is 22.1. The number of halogens is 1. The van der Waals surface area contributed by atoms with Crippen LogP contribution in [-0.2, 0) is 9.84 Å². The molecule has 0 fully saturated rings. The Hall–Kier alpha value is -2.98. The maximum atomic E-state index is 12.4. The number of aromatic amines is 1. The van der Waals surface area contributed by atoms with Gasteiger partial charge >= 0.3 is 0 Å². The number of hydrogen-bond acceptors (Lipinski definition) is 8. The van der Waals surface area contributed by atoms with Crippen LogP contribution in [0.4, 0.5) is 0 Å². The summed E-state index contributed by atoms with van der Waals surface area (Å²) in [6, 6.07) is 6.56. The third kappa shape index (κ3) is 3.44. The average Bonchev–Trinajstić information content (AvgIpc) is 3.27. The van der Waals surface area contributed by atoms with Crippen LogP contribution in [-0.4, -0.2) is 39.9 Å². The van der Waals surface area contributed by atoms with E-state index in [0.717, 1.165) is 18.4 Å². The number of aliphatic hydroxyl groups is 1. The highest BCUT2D eigenvalue weighted by Gasteiger charge is 2.23. The lowest BCUT2D eigenvalue weighted by Crippen LogP contribution is -2.00. The molecule has 128 valence electrons. The molecule has 0 saturated carbocycles. The maximum absolute atomic E-state index is 12.4. The van der Waals surface area contributed by atoms with E-state index in [2.05, 4.69) is 20.6 Å². The number of nitrogens with one attached hydrogen (secondary N) is 1. The smallest absolute Gasteiger partial charge is 0.239 e. The molecule has 0 bridgehead atoms. The Morgan fingerprint density at radius 1 is 1.28 bits per heavy atom. The molecule has 3 aromatic rings. The summed E-state index contributed by atoms with van der Waals surface area (Å²) in [4.78, 5) is 12.0. The Morgan fingerprint density at radius 3 is 2.64 bits per heavy atom. The lowest BCUT2D eigenvalue weighted by atomic mass is 10.2. The fourth-order valence-electron chi connectivity index (χ4n) is 1.86. The predicted molar refractivity (Wildman–Crippen MR) is 84.7 cm³/mol. The van der Waals surface area contributed by atoms with E-state index in [-0.39, 0.29) is 16.3 Å². The molecule has 0 spiro atoms. The number of allylic oxidation sites excluding steroid dienone is 1. The first-order chi connectivity index (χ1) is 11.9. The highest BCUT2D eigenvalue weighted by Crippen LogP contribution is 2.24. The second-order valence-corrected chi connectivity index (χ2v) is 7.06. The van der Waals surface area contributed by atoms with Crippen LogP contribution in [0.25, 0.3) is 5.76 Å². The Morgan fingerprint density at radius 2 is 2.00 bits per heavy atom. The predicted octanol–water partition coefficient (Wildman–Crippen LogP) is 2.06. The number of rotatable bonds is 5. The number of nitrogens with zero attached hydrogens (tertiary/aromatic N) is 3. The van der Waals surface area contributed by atoms with Gasteiger partial charge in [-0.2, -0.15) is 5.21 Å². The number of hydrogen-bond donors (Lipinski definition) is 2. The zero-order valence-corrected chi connectivity index (χ0v) is 13.8. The van der Waals surface area contributed by atoms with Crippen molar-refractivity contribution in [2.24, 2.45) is 0 Å². The monoisotopic (exact) mass is 380 g/mol. The summed E-state index contributed by atoms with van der Waals surface area (Å²) in [6.07, 6.45) is 1.81. The summed E-state index contributed by atoms with van der Waals surface area (Å²) in [5.41, 5.74) is -0.0671. The van der Waals surface area contributed by atoms with E-state index < -0.39 is 26.5 Å². The van der Waals surface area contributed by atoms with Gasteiger partial charge in [-0.1, -0.05) is 11.6 Å². The van der Waals surface area contributed by atoms with E-state index in [1.54, 1.807) is 0 Å². The van der Waals surface area contributed by atoms with Crippen LogP contribution in [0.2, 0.25) is 5.02 Å². The quantitative estimate of drug-likeness (QED) is 0.389. The van der Waals surface area contributed by atoms with Crippen molar-refractivity contribution in [3.05, 3.63) is 59.1 Å². The van der Waals surface area contributed by atoms with Crippen molar-refractivity contribution in [2.75, 3.05) is 0 Å². The van der Waals surface area contributed by atoms with Gasteiger partial charge in [0.15, 0.2) is 11.5 Å². The molecule has 2 N–H and O–H groups in total. The average molecular weight is 381 g/mol. The SMILES string of the molecule is O=C(C=C(O)c1nn[nH]n1)c1coc(S(=O)(=O)c2ccc(Cl)cc2)c1. The van der Waals surface area contributed by atoms with Crippen LogP contribution in [0.5, 0.6) is 0 Å². The van der Waals surface area contributed by atoms with Crippen molar-refractivity contribution in [3.8, 4) is 0 Å². The fraction of sp³-hybridized carbons (Fsp3) is 0. The van der Waals surface area contributed by atoms with Gasteiger partial charge in [-0.25, -0.2) is 8.42 Å². The lowest BCUT2D eigenvalue weighted by Gasteiger charge is -2.00. The van der Waals surface area contributed by atoms with Crippen molar-refractivity contribution in [1.82, 2.24) is 20.6 Å². The molecule has 9 nitrogen and oxygen atoms in total. The van der Waals surface area contributed by atoms with E-state index in [0.29, 0.717) is 5.02 Å². The topological polar surface area (TPSA) is 139 Å². The zero-order chi connectivity index (χ0) is 18.0. The van der Waals surface area contributed by atoms with Gasteiger partial charge in [-0.15, -0.1) is 10.2 Å². The molecule has 0 aliphatic rings. The van der Waals surface area contributed by atoms with Gasteiger partial charge < -0.3 is 9.52 Å². The number of benzene rings is 1. The minimum Gasteiger partial charge on any atom is -0.504 e. The van der Waals surface area contributed by atoms with Gasteiger partial charge in [0.2, 0.25) is 20.8 Å². The first kappa shape index (κ1) is 16.9. The summed E-state index contributed by atoms with van der Waals surface area (Å²) in [6.45, 7) is 0. The zero-order valence-electron chi connectivity index (χ0n) is 12.2. The second-order valence-electron chi connectivity index (χ2n) is 4.74. The number of furan rings is 1. The number of sulfone groups is 1. The molecule has 0 atom stereocenters. The van der Waals surface area contributed by atoms with Crippen molar-refractivity contribution in [1.29, 1.82) is 0 Å². The van der Waals surface area contributed by atoms with Gasteiger partial charge in [-0.05, 0) is 29.5 Å². The molecule has 2 aromatic heterocycles. The molecule has 11 heteroatoms. The maximum Gasteiger partial charge on any atom is 0.239 e. The van der Waals surface area contributed by atoms with Crippen LogP contribution in [0, 0.1) is 0 Å². The molecule has 1 aromatic carbocycles. The van der Waals surface area contributed by atoms with E-state index >= 15 is 0 Å². The van der Waals surface area contributed by atoms with E-state index in [4.69, 9.17) is 16.0 Å². The van der Waals surface area contributed by atoms with Crippen molar-refractivity contribution < 1.29 is 22.7 Å². The number of carbonyl (C=O) groups is 1. The third-order valence-corrected chi connectivity index (χ3v) is 4.98. The largest absolute Gasteiger partial charge is 0.504 e. The molecule has 0 aliphatic carbocycles. The molecule has 3 rings (SSSR count). The van der Waals surface area contributed by atoms with Gasteiger partial charge in [-0.3, -0.25) is 4.79 Å². The molecular weight excluding hydrogens is 372 g/mol. The van der Waals surface area contributed by atoms with Crippen molar-refractivity contribution >= 4 is 33.0 Å². The number of aromatic nitrogens is 4. The van der Waals surface area contributed by atoms with Crippen LogP contribution in [0.15, 0.2) is 57.1 Å². The highest BCUT2D eigenvalue weighted by atomic mass is 35.5. The van der Waals surface area contributed by atoms with Crippen molar-refractivity contribution in [3.63, 3.8) is 0 Å². The second kappa shape index (κ2) is 6.49. The summed E-state index contributed by atoms with van der Waals surface area (Å²) >= 11 is 5.73. The first-order valence-corrected chi connectivity index (χ1v) is 8.52.